The van der Waals surface area contributed by atoms with Gasteiger partial charge in [0.1, 0.15) is 0 Å². The third kappa shape index (κ3) is 3.86. The fourth-order valence-corrected chi connectivity index (χ4v) is 3.15. The first-order valence-corrected chi connectivity index (χ1v) is 8.39. The summed E-state index contributed by atoms with van der Waals surface area (Å²) in [5.41, 5.74) is 0.741. The molecular formula is C13H16N4O3S2. The zero-order valence-electron chi connectivity index (χ0n) is 12.4. The lowest BCUT2D eigenvalue weighted by Crippen LogP contribution is -2.17. The number of aryl methyl sites for hydroxylation is 2. The van der Waals surface area contributed by atoms with Crippen LogP contribution in [-0.4, -0.2) is 31.7 Å². The van der Waals surface area contributed by atoms with Gasteiger partial charge in [0.2, 0.25) is 11.8 Å². The summed E-state index contributed by atoms with van der Waals surface area (Å²) in [5, 5.41) is 13.1. The Hall–Kier alpha value is -1.87. The van der Waals surface area contributed by atoms with Crippen LogP contribution in [0.3, 0.4) is 0 Å². The van der Waals surface area contributed by atoms with Crippen molar-refractivity contribution in [3.63, 3.8) is 0 Å². The van der Waals surface area contributed by atoms with E-state index in [1.807, 2.05) is 13.8 Å². The Morgan fingerprint density at radius 3 is 2.68 bits per heavy atom. The van der Waals surface area contributed by atoms with Crippen molar-refractivity contribution in [3.05, 3.63) is 26.5 Å². The van der Waals surface area contributed by atoms with Crippen LogP contribution in [0.15, 0.2) is 9.95 Å². The third-order valence-corrected chi connectivity index (χ3v) is 4.80. The number of amides is 1. The number of aromatic hydroxyl groups is 1. The number of hydrogen-bond acceptors (Lipinski definition) is 7. The Morgan fingerprint density at radius 1 is 1.41 bits per heavy atom. The molecule has 7 nitrogen and oxygen atoms in total. The second-order valence-corrected chi connectivity index (χ2v) is 6.69. The van der Waals surface area contributed by atoms with Crippen LogP contribution in [0.4, 0.5) is 5.13 Å². The number of H-pyrrole nitrogens is 1. The summed E-state index contributed by atoms with van der Waals surface area (Å²) in [6, 6.07) is 0. The van der Waals surface area contributed by atoms with Crippen molar-refractivity contribution in [2.45, 2.75) is 32.3 Å². The highest BCUT2D eigenvalue weighted by molar-refractivity contribution is 7.99. The van der Waals surface area contributed by atoms with E-state index in [9.17, 15) is 14.7 Å². The van der Waals surface area contributed by atoms with Crippen molar-refractivity contribution >= 4 is 34.1 Å². The van der Waals surface area contributed by atoms with Crippen molar-refractivity contribution in [1.29, 1.82) is 0 Å². The maximum Gasteiger partial charge on any atom is 0.258 e. The number of aromatic amines is 1. The fourth-order valence-electron chi connectivity index (χ4n) is 1.67. The van der Waals surface area contributed by atoms with Crippen LogP contribution in [0.1, 0.15) is 23.1 Å². The van der Waals surface area contributed by atoms with Gasteiger partial charge in [-0.25, -0.2) is 4.98 Å². The molecule has 0 bridgehead atoms. The summed E-state index contributed by atoms with van der Waals surface area (Å²) in [5.74, 6) is -0.480. The van der Waals surface area contributed by atoms with Crippen LogP contribution < -0.4 is 10.9 Å². The number of hydrogen-bond donors (Lipinski definition) is 3. The number of carbonyl (C=O) groups excluding carboxylic acids is 1. The Morgan fingerprint density at radius 2 is 2.14 bits per heavy atom. The molecule has 3 N–H and O–H groups in total. The topological polar surface area (TPSA) is 108 Å². The molecule has 2 heterocycles. The first kappa shape index (κ1) is 16.5. The Balaban J connectivity index is 1.98. The van der Waals surface area contributed by atoms with Crippen molar-refractivity contribution in [2.75, 3.05) is 11.1 Å². The van der Waals surface area contributed by atoms with Crippen LogP contribution in [0.5, 0.6) is 5.88 Å². The first-order chi connectivity index (χ1) is 10.4. The lowest BCUT2D eigenvalue weighted by Gasteiger charge is -2.04. The van der Waals surface area contributed by atoms with Crippen LogP contribution in [0, 0.1) is 13.8 Å². The molecule has 0 aliphatic heterocycles. The largest absolute Gasteiger partial charge is 0.493 e. The number of anilines is 1. The van der Waals surface area contributed by atoms with Crippen LogP contribution in [0.25, 0.3) is 0 Å². The molecule has 2 aromatic rings. The highest BCUT2D eigenvalue weighted by atomic mass is 32.2. The van der Waals surface area contributed by atoms with Gasteiger partial charge in [-0.2, -0.15) is 4.98 Å². The van der Waals surface area contributed by atoms with E-state index in [-0.39, 0.29) is 33.8 Å². The molecule has 0 aromatic carbocycles. The normalized spacial score (nSPS) is 10.7. The maximum absolute atomic E-state index is 11.9. The molecule has 2 aromatic heterocycles. The van der Waals surface area contributed by atoms with Gasteiger partial charge in [-0.3, -0.25) is 9.59 Å². The number of carbonyl (C=O) groups is 1. The summed E-state index contributed by atoms with van der Waals surface area (Å²) in [6.07, 6.45) is 0.391. The second kappa shape index (κ2) is 6.93. The molecule has 0 saturated carbocycles. The van der Waals surface area contributed by atoms with E-state index in [0.29, 0.717) is 11.6 Å². The molecule has 9 heteroatoms. The number of nitrogens with zero attached hydrogens (tertiary/aromatic N) is 2. The molecule has 0 spiro atoms. The van der Waals surface area contributed by atoms with Crippen LogP contribution in [-0.2, 0) is 11.2 Å². The van der Waals surface area contributed by atoms with Gasteiger partial charge in [-0.15, -0.1) is 11.3 Å². The minimum atomic E-state index is -0.385. The van der Waals surface area contributed by atoms with Crippen molar-refractivity contribution in [2.24, 2.45) is 0 Å². The molecule has 0 atom stereocenters. The summed E-state index contributed by atoms with van der Waals surface area (Å²) in [6.45, 7) is 5.57. The molecule has 118 valence electrons. The molecule has 0 fully saturated rings. The van der Waals surface area contributed by atoms with Gasteiger partial charge in [0.25, 0.3) is 5.56 Å². The van der Waals surface area contributed by atoms with E-state index in [1.165, 1.54) is 11.3 Å². The number of thioether (sulfide) groups is 1. The van der Waals surface area contributed by atoms with Crippen molar-refractivity contribution in [1.82, 2.24) is 15.0 Å². The lowest BCUT2D eigenvalue weighted by molar-refractivity contribution is -0.113. The number of aromatic nitrogens is 3. The van der Waals surface area contributed by atoms with E-state index < -0.39 is 0 Å². The van der Waals surface area contributed by atoms with Gasteiger partial charge in [-0.1, -0.05) is 18.7 Å². The van der Waals surface area contributed by atoms with Gasteiger partial charge in [0, 0.05) is 4.88 Å². The monoisotopic (exact) mass is 340 g/mol. The minimum absolute atomic E-state index is 0.0610. The molecule has 0 aliphatic carbocycles. The molecule has 1 amide bonds. The van der Waals surface area contributed by atoms with Crippen molar-refractivity contribution in [3.8, 4) is 5.88 Å². The smallest absolute Gasteiger partial charge is 0.258 e. The van der Waals surface area contributed by atoms with E-state index >= 15 is 0 Å². The van der Waals surface area contributed by atoms with E-state index in [1.54, 1.807) is 6.92 Å². The third-order valence-electron chi connectivity index (χ3n) is 2.94. The van der Waals surface area contributed by atoms with Crippen LogP contribution >= 0.6 is 23.1 Å². The molecular weight excluding hydrogens is 324 g/mol. The maximum atomic E-state index is 11.9. The molecule has 2 rings (SSSR count). The zero-order valence-corrected chi connectivity index (χ0v) is 14.0. The van der Waals surface area contributed by atoms with E-state index in [4.69, 9.17) is 0 Å². The second-order valence-electron chi connectivity index (χ2n) is 4.52. The SMILES string of the molecule is CCc1c(O)nc(SCC(=O)Nc2nc(C)c(C)s2)[nH]c1=O. The molecule has 0 radical (unpaired) electrons. The quantitative estimate of drug-likeness (QED) is 0.566. The lowest BCUT2D eigenvalue weighted by atomic mass is 10.2. The summed E-state index contributed by atoms with van der Waals surface area (Å²) >= 11 is 2.45. The summed E-state index contributed by atoms with van der Waals surface area (Å²) in [4.78, 5) is 35.2. The van der Waals surface area contributed by atoms with E-state index in [2.05, 4.69) is 20.3 Å². The average molecular weight is 340 g/mol. The fraction of sp³-hybridized carbons (Fsp3) is 0.385. The summed E-state index contributed by atoms with van der Waals surface area (Å²) in [7, 11) is 0. The van der Waals surface area contributed by atoms with E-state index in [0.717, 1.165) is 22.3 Å². The minimum Gasteiger partial charge on any atom is -0.493 e. The standard InChI is InChI=1S/C13H16N4O3S2/c1-4-8-10(19)16-12(17-11(8)20)21-5-9(18)15-13-14-6(2)7(3)22-13/h4-5H2,1-3H3,(H,14,15,18)(H2,16,17,19,20). The highest BCUT2D eigenvalue weighted by Gasteiger charge is 2.12. The van der Waals surface area contributed by atoms with Gasteiger partial charge >= 0.3 is 0 Å². The first-order valence-electron chi connectivity index (χ1n) is 6.59. The van der Waals surface area contributed by atoms with Gasteiger partial charge in [0.15, 0.2) is 10.3 Å². The Labute approximate surface area is 135 Å². The van der Waals surface area contributed by atoms with Crippen molar-refractivity contribution < 1.29 is 9.90 Å². The molecule has 0 saturated heterocycles. The predicted octanol–water partition coefficient (Wildman–Crippen LogP) is 1.84. The molecule has 0 aliphatic rings. The average Bonchev–Trinajstić information content (AvgIpc) is 2.74. The van der Waals surface area contributed by atoms with Crippen LogP contribution in [0.2, 0.25) is 0 Å². The number of rotatable bonds is 5. The zero-order chi connectivity index (χ0) is 16.3. The summed E-state index contributed by atoms with van der Waals surface area (Å²) < 4.78 is 0. The molecule has 22 heavy (non-hydrogen) atoms. The van der Waals surface area contributed by atoms with Gasteiger partial charge in [-0.05, 0) is 20.3 Å². The number of nitrogens with one attached hydrogen (secondary N) is 2. The van der Waals surface area contributed by atoms with Gasteiger partial charge < -0.3 is 15.4 Å². The Bertz CT molecular complexity index is 735. The predicted molar refractivity (Wildman–Crippen MR) is 86.8 cm³/mol. The molecule has 0 unspecified atom stereocenters. The highest BCUT2D eigenvalue weighted by Crippen LogP contribution is 2.22. The van der Waals surface area contributed by atoms with Gasteiger partial charge in [0.05, 0.1) is 17.0 Å². The Kier molecular flexibility index (Phi) is 5.19. The number of thiazole rings is 1.